The molecule has 1 aliphatic heterocycles. The molecule has 9 aromatic carbocycles. The van der Waals surface area contributed by atoms with E-state index in [2.05, 4.69) is 211 Å². The first-order valence-corrected chi connectivity index (χ1v) is 19.8. The lowest BCUT2D eigenvalue weighted by Crippen LogP contribution is -2.24. The van der Waals surface area contributed by atoms with Crippen molar-refractivity contribution in [2.75, 3.05) is 9.80 Å². The molecule has 0 bridgehead atoms. The summed E-state index contributed by atoms with van der Waals surface area (Å²) >= 11 is 0. The van der Waals surface area contributed by atoms with Gasteiger partial charge in [0.2, 0.25) is 0 Å². The maximum atomic E-state index is 5.20. The lowest BCUT2D eigenvalue weighted by atomic mass is 9.84. The third kappa shape index (κ3) is 4.58. The van der Waals surface area contributed by atoms with Crippen LogP contribution >= 0.6 is 0 Å². The number of imidazole rings is 1. The van der Waals surface area contributed by atoms with Gasteiger partial charge in [0.25, 0.3) is 0 Å². The van der Waals surface area contributed by atoms with Crippen molar-refractivity contribution in [1.82, 2.24) is 9.38 Å². The standard InChI is InChI=1S/C53H38N4/c1-53(2,3)33-25-27-38-41(29-33)36-17-7-8-18-37(36)43-31-51-50(32-44(38)43)55(34-15-5-4-6-16-34)48-23-13-14-24-49(48)56(51)35-26-28-40-42(30-35)39-19-9-11-21-46(39)57-47-22-12-10-20-45(47)54-52(40)57/h4-32H,1-3H3. The monoisotopic (exact) mass is 730 g/mol. The van der Waals surface area contributed by atoms with Gasteiger partial charge in [-0.3, -0.25) is 4.40 Å². The molecule has 12 rings (SSSR count). The summed E-state index contributed by atoms with van der Waals surface area (Å²) in [6, 6.07) is 64.7. The molecular formula is C53H38N4. The lowest BCUT2D eigenvalue weighted by molar-refractivity contribution is 0.591. The average Bonchev–Trinajstić information content (AvgIpc) is 3.65. The number of rotatable bonds is 2. The molecule has 2 aromatic heterocycles. The van der Waals surface area contributed by atoms with Crippen LogP contribution < -0.4 is 9.80 Å². The Bertz CT molecular complexity index is 3460. The second kappa shape index (κ2) is 11.7. The fourth-order valence-corrected chi connectivity index (χ4v) is 9.47. The Labute approximate surface area is 330 Å². The van der Waals surface area contributed by atoms with Gasteiger partial charge in [0, 0.05) is 22.1 Å². The summed E-state index contributed by atoms with van der Waals surface area (Å²) in [5.41, 5.74) is 12.4. The molecule has 270 valence electrons. The summed E-state index contributed by atoms with van der Waals surface area (Å²) in [6.07, 6.45) is 0. The molecular weight excluding hydrogens is 693 g/mol. The fourth-order valence-electron chi connectivity index (χ4n) is 9.47. The summed E-state index contributed by atoms with van der Waals surface area (Å²) in [5.74, 6) is 0. The number of anilines is 6. The van der Waals surface area contributed by atoms with Crippen LogP contribution in [0.1, 0.15) is 26.3 Å². The molecule has 0 aliphatic carbocycles. The van der Waals surface area contributed by atoms with Gasteiger partial charge >= 0.3 is 0 Å². The summed E-state index contributed by atoms with van der Waals surface area (Å²) in [4.78, 5) is 10.1. The number of aromatic nitrogens is 2. The highest BCUT2D eigenvalue weighted by atomic mass is 15.3. The van der Waals surface area contributed by atoms with Crippen LogP contribution in [0.25, 0.3) is 70.7 Å². The van der Waals surface area contributed by atoms with Gasteiger partial charge in [-0.1, -0.05) is 118 Å². The van der Waals surface area contributed by atoms with E-state index in [1.165, 1.54) is 48.7 Å². The zero-order chi connectivity index (χ0) is 38.0. The molecule has 4 nitrogen and oxygen atoms in total. The third-order valence-corrected chi connectivity index (χ3v) is 12.2. The SMILES string of the molecule is CC(C)(C)c1ccc2c(c1)c1ccccc1c1cc3c(cc21)N(c1ccccc1)c1ccccc1N3c1ccc2c(c1)c1ccccc1n1c3ccccc3nc21. The van der Waals surface area contributed by atoms with Crippen LogP contribution in [0.4, 0.5) is 34.1 Å². The molecule has 0 amide bonds. The molecule has 0 atom stereocenters. The molecule has 3 heterocycles. The van der Waals surface area contributed by atoms with Crippen molar-refractivity contribution in [3.05, 3.63) is 181 Å². The van der Waals surface area contributed by atoms with E-state index in [-0.39, 0.29) is 5.41 Å². The second-order valence-corrected chi connectivity index (χ2v) is 16.4. The normalized spacial score (nSPS) is 13.1. The Morgan fingerprint density at radius 1 is 0.368 bits per heavy atom. The first-order chi connectivity index (χ1) is 27.9. The number of pyridine rings is 1. The van der Waals surface area contributed by atoms with E-state index >= 15 is 0 Å². The van der Waals surface area contributed by atoms with Crippen LogP contribution in [-0.2, 0) is 5.41 Å². The van der Waals surface area contributed by atoms with Crippen LogP contribution in [0.3, 0.4) is 0 Å². The van der Waals surface area contributed by atoms with Gasteiger partial charge < -0.3 is 9.80 Å². The highest BCUT2D eigenvalue weighted by Crippen LogP contribution is 2.56. The van der Waals surface area contributed by atoms with Gasteiger partial charge in [-0.05, 0) is 128 Å². The number of hydrogen-bond donors (Lipinski definition) is 0. The molecule has 0 N–H and O–H groups in total. The molecule has 57 heavy (non-hydrogen) atoms. The largest absolute Gasteiger partial charge is 0.306 e. The van der Waals surface area contributed by atoms with Crippen molar-refractivity contribution in [2.24, 2.45) is 0 Å². The Kier molecular flexibility index (Phi) is 6.58. The number of fused-ring (bicyclic) bond motifs is 16. The molecule has 0 radical (unpaired) electrons. The molecule has 1 aliphatic rings. The average molecular weight is 731 g/mol. The van der Waals surface area contributed by atoms with Crippen LogP contribution in [0.5, 0.6) is 0 Å². The first kappa shape index (κ1) is 32.1. The summed E-state index contributed by atoms with van der Waals surface area (Å²) in [5, 5.41) is 11.1. The van der Waals surface area contributed by atoms with E-state index in [0.717, 1.165) is 61.7 Å². The van der Waals surface area contributed by atoms with E-state index < -0.39 is 0 Å². The highest BCUT2D eigenvalue weighted by Gasteiger charge is 2.32. The molecule has 4 heteroatoms. The minimum absolute atomic E-state index is 0.0381. The van der Waals surface area contributed by atoms with E-state index in [1.54, 1.807) is 0 Å². The Morgan fingerprint density at radius 2 is 0.895 bits per heavy atom. The van der Waals surface area contributed by atoms with Crippen LogP contribution in [0, 0.1) is 0 Å². The van der Waals surface area contributed by atoms with Crippen molar-refractivity contribution in [2.45, 2.75) is 26.2 Å². The smallest absolute Gasteiger partial charge is 0.146 e. The van der Waals surface area contributed by atoms with Crippen molar-refractivity contribution in [3.63, 3.8) is 0 Å². The minimum atomic E-state index is 0.0381. The van der Waals surface area contributed by atoms with Crippen molar-refractivity contribution >= 4 is 105 Å². The van der Waals surface area contributed by atoms with Gasteiger partial charge in [-0.25, -0.2) is 4.98 Å². The third-order valence-electron chi connectivity index (χ3n) is 12.2. The predicted molar refractivity (Wildman–Crippen MR) is 242 cm³/mol. The molecule has 0 saturated carbocycles. The Balaban J connectivity index is 1.19. The van der Waals surface area contributed by atoms with Crippen LogP contribution in [0.15, 0.2) is 176 Å². The molecule has 11 aromatic rings. The van der Waals surface area contributed by atoms with E-state index in [9.17, 15) is 0 Å². The Morgan fingerprint density at radius 3 is 1.60 bits per heavy atom. The van der Waals surface area contributed by atoms with E-state index in [1.807, 2.05) is 0 Å². The number of para-hydroxylation sites is 6. The maximum absolute atomic E-state index is 5.20. The zero-order valence-electron chi connectivity index (χ0n) is 32.0. The van der Waals surface area contributed by atoms with Gasteiger partial charge in [-0.15, -0.1) is 0 Å². The topological polar surface area (TPSA) is 23.8 Å². The van der Waals surface area contributed by atoms with Crippen molar-refractivity contribution in [3.8, 4) is 0 Å². The summed E-state index contributed by atoms with van der Waals surface area (Å²) in [6.45, 7) is 6.90. The van der Waals surface area contributed by atoms with Crippen LogP contribution in [-0.4, -0.2) is 9.38 Å². The number of hydrogen-bond acceptors (Lipinski definition) is 3. The van der Waals surface area contributed by atoms with Crippen LogP contribution in [0.2, 0.25) is 0 Å². The van der Waals surface area contributed by atoms with Gasteiger partial charge in [0.1, 0.15) is 5.65 Å². The first-order valence-electron chi connectivity index (χ1n) is 19.8. The molecule has 0 spiro atoms. The minimum Gasteiger partial charge on any atom is -0.306 e. The second-order valence-electron chi connectivity index (χ2n) is 16.4. The van der Waals surface area contributed by atoms with Crippen molar-refractivity contribution < 1.29 is 0 Å². The molecule has 0 unspecified atom stereocenters. The van der Waals surface area contributed by atoms with Gasteiger partial charge in [0.05, 0.1) is 39.3 Å². The summed E-state index contributed by atoms with van der Waals surface area (Å²) in [7, 11) is 0. The number of nitrogens with zero attached hydrogens (tertiary/aromatic N) is 4. The zero-order valence-corrected chi connectivity index (χ0v) is 32.0. The lowest BCUT2D eigenvalue weighted by Gasteiger charge is -2.40. The fraction of sp³-hybridized carbons (Fsp3) is 0.0755. The van der Waals surface area contributed by atoms with Gasteiger partial charge in [0.15, 0.2) is 0 Å². The maximum Gasteiger partial charge on any atom is 0.146 e. The molecule has 0 fully saturated rings. The number of benzene rings is 9. The quantitative estimate of drug-likeness (QED) is 0.166. The molecule has 0 saturated heterocycles. The van der Waals surface area contributed by atoms with E-state index in [0.29, 0.717) is 0 Å². The summed E-state index contributed by atoms with van der Waals surface area (Å²) < 4.78 is 2.32. The van der Waals surface area contributed by atoms with Gasteiger partial charge in [-0.2, -0.15) is 0 Å². The van der Waals surface area contributed by atoms with E-state index in [4.69, 9.17) is 4.98 Å². The van der Waals surface area contributed by atoms with Crippen molar-refractivity contribution in [1.29, 1.82) is 0 Å². The highest BCUT2D eigenvalue weighted by molar-refractivity contribution is 6.27. The Hall–Kier alpha value is -7.17. The predicted octanol–water partition coefficient (Wildman–Crippen LogP) is 14.8.